The quantitative estimate of drug-likeness (QED) is 0.772. The molecule has 16 heavy (non-hydrogen) atoms. The molecule has 0 saturated heterocycles. The third kappa shape index (κ3) is 1.53. The van der Waals surface area contributed by atoms with Gasteiger partial charge in [-0.25, -0.2) is 0 Å². The zero-order valence-corrected chi connectivity index (χ0v) is 11.1. The zero-order chi connectivity index (χ0) is 12.0. The average Bonchev–Trinajstić information content (AvgIpc) is 2.87. The summed E-state index contributed by atoms with van der Waals surface area (Å²) < 4.78 is 0. The van der Waals surface area contributed by atoms with Gasteiger partial charge in [-0.3, -0.25) is 0 Å². The van der Waals surface area contributed by atoms with Gasteiger partial charge >= 0.3 is 0 Å². The molecule has 0 radical (unpaired) electrons. The van der Waals surface area contributed by atoms with Gasteiger partial charge in [0.25, 0.3) is 0 Å². The first kappa shape index (κ1) is 12.4. The van der Waals surface area contributed by atoms with Crippen LogP contribution in [-0.4, -0.2) is 17.3 Å². The molecular formula is C14H27NO. The molecule has 0 aromatic carbocycles. The maximum Gasteiger partial charge on any atom is 0.0741 e. The predicted octanol–water partition coefficient (Wildman–Crippen LogP) is 2.69. The Kier molecular flexibility index (Phi) is 2.87. The summed E-state index contributed by atoms with van der Waals surface area (Å²) in [6.45, 7) is 7.17. The monoisotopic (exact) mass is 225 g/mol. The van der Waals surface area contributed by atoms with Gasteiger partial charge in [0.2, 0.25) is 0 Å². The standard InChI is InChI=1S/C14H27NO/c1-4-11-5-6-14(9-11,10-15)13(3,16)12(2)7-8-12/h11,16H,4-10,15H2,1-3H3. The number of aliphatic hydroxyl groups is 1. The molecule has 0 aliphatic heterocycles. The van der Waals surface area contributed by atoms with Crippen LogP contribution in [0, 0.1) is 16.7 Å². The van der Waals surface area contributed by atoms with Crippen molar-refractivity contribution in [2.24, 2.45) is 22.5 Å². The summed E-state index contributed by atoms with van der Waals surface area (Å²) in [5.41, 5.74) is 5.58. The summed E-state index contributed by atoms with van der Waals surface area (Å²) in [7, 11) is 0. The minimum absolute atomic E-state index is 0.0150. The molecule has 2 aliphatic rings. The van der Waals surface area contributed by atoms with Crippen LogP contribution >= 0.6 is 0 Å². The highest BCUT2D eigenvalue weighted by atomic mass is 16.3. The van der Waals surface area contributed by atoms with Gasteiger partial charge in [-0.05, 0) is 50.4 Å². The Morgan fingerprint density at radius 2 is 2.00 bits per heavy atom. The Morgan fingerprint density at radius 1 is 1.38 bits per heavy atom. The van der Waals surface area contributed by atoms with Gasteiger partial charge in [0.05, 0.1) is 5.60 Å². The van der Waals surface area contributed by atoms with Gasteiger partial charge in [-0.15, -0.1) is 0 Å². The molecular weight excluding hydrogens is 198 g/mol. The largest absolute Gasteiger partial charge is 0.389 e. The maximum atomic E-state index is 11.0. The molecule has 2 saturated carbocycles. The van der Waals surface area contributed by atoms with Crippen LogP contribution in [-0.2, 0) is 0 Å². The third-order valence-corrected chi connectivity index (χ3v) is 5.89. The van der Waals surface area contributed by atoms with E-state index in [-0.39, 0.29) is 10.8 Å². The molecule has 0 amide bonds. The molecule has 3 atom stereocenters. The molecule has 3 N–H and O–H groups in total. The Morgan fingerprint density at radius 3 is 2.38 bits per heavy atom. The highest BCUT2D eigenvalue weighted by Gasteiger charge is 2.63. The maximum absolute atomic E-state index is 11.0. The normalized spacial score (nSPS) is 40.7. The summed E-state index contributed by atoms with van der Waals surface area (Å²) in [6, 6.07) is 0. The molecule has 0 aromatic rings. The predicted molar refractivity (Wildman–Crippen MR) is 67.1 cm³/mol. The fraction of sp³-hybridized carbons (Fsp3) is 1.00. The number of rotatable bonds is 4. The zero-order valence-electron chi connectivity index (χ0n) is 11.1. The molecule has 2 fully saturated rings. The Hall–Kier alpha value is -0.0800. The van der Waals surface area contributed by atoms with Gasteiger partial charge in [0, 0.05) is 12.0 Å². The number of nitrogens with two attached hydrogens (primary N) is 1. The Balaban J connectivity index is 2.22. The van der Waals surface area contributed by atoms with Crippen molar-refractivity contribution in [3.05, 3.63) is 0 Å². The van der Waals surface area contributed by atoms with Crippen molar-refractivity contribution in [2.75, 3.05) is 6.54 Å². The van der Waals surface area contributed by atoms with Crippen LogP contribution in [0.15, 0.2) is 0 Å². The van der Waals surface area contributed by atoms with Crippen molar-refractivity contribution < 1.29 is 5.11 Å². The first-order chi connectivity index (χ1) is 7.41. The second kappa shape index (κ2) is 3.71. The van der Waals surface area contributed by atoms with Crippen molar-refractivity contribution in [3.63, 3.8) is 0 Å². The first-order valence-electron chi connectivity index (χ1n) is 6.83. The van der Waals surface area contributed by atoms with Crippen molar-refractivity contribution >= 4 is 0 Å². The molecule has 2 nitrogen and oxygen atoms in total. The van der Waals surface area contributed by atoms with Crippen molar-refractivity contribution in [2.45, 2.75) is 64.9 Å². The Labute approximate surface area is 99.6 Å². The molecule has 3 unspecified atom stereocenters. The van der Waals surface area contributed by atoms with Crippen LogP contribution in [0.3, 0.4) is 0 Å². The van der Waals surface area contributed by atoms with Crippen LogP contribution in [0.2, 0.25) is 0 Å². The Bertz CT molecular complexity index is 270. The number of hydrogen-bond acceptors (Lipinski definition) is 2. The average molecular weight is 225 g/mol. The van der Waals surface area contributed by atoms with E-state index in [0.717, 1.165) is 18.8 Å². The van der Waals surface area contributed by atoms with E-state index in [1.165, 1.54) is 25.7 Å². The fourth-order valence-electron chi connectivity index (χ4n) is 3.73. The summed E-state index contributed by atoms with van der Waals surface area (Å²) in [5.74, 6) is 0.775. The van der Waals surface area contributed by atoms with E-state index >= 15 is 0 Å². The van der Waals surface area contributed by atoms with Crippen LogP contribution in [0.5, 0.6) is 0 Å². The van der Waals surface area contributed by atoms with Crippen LogP contribution in [0.1, 0.15) is 59.3 Å². The molecule has 0 heterocycles. The second-order valence-corrected chi connectivity index (χ2v) is 6.63. The third-order valence-electron chi connectivity index (χ3n) is 5.89. The second-order valence-electron chi connectivity index (χ2n) is 6.63. The van der Waals surface area contributed by atoms with Crippen molar-refractivity contribution in [1.29, 1.82) is 0 Å². The van der Waals surface area contributed by atoms with Gasteiger partial charge in [0.1, 0.15) is 0 Å². The van der Waals surface area contributed by atoms with E-state index < -0.39 is 5.60 Å². The van der Waals surface area contributed by atoms with Gasteiger partial charge in [0.15, 0.2) is 0 Å². The summed E-state index contributed by atoms with van der Waals surface area (Å²) >= 11 is 0. The van der Waals surface area contributed by atoms with E-state index in [0.29, 0.717) is 6.54 Å². The highest BCUT2D eigenvalue weighted by Crippen LogP contribution is 2.63. The fourth-order valence-corrected chi connectivity index (χ4v) is 3.73. The molecule has 94 valence electrons. The summed E-state index contributed by atoms with van der Waals surface area (Å²) in [4.78, 5) is 0. The molecule has 0 aromatic heterocycles. The highest BCUT2D eigenvalue weighted by molar-refractivity contribution is 5.14. The van der Waals surface area contributed by atoms with Crippen molar-refractivity contribution in [1.82, 2.24) is 0 Å². The number of hydrogen-bond donors (Lipinski definition) is 2. The minimum atomic E-state index is -0.571. The molecule has 2 rings (SSSR count). The summed E-state index contributed by atoms with van der Waals surface area (Å²) in [5, 5.41) is 11.0. The van der Waals surface area contributed by atoms with Gasteiger partial charge in [-0.1, -0.05) is 20.3 Å². The molecule has 2 aliphatic carbocycles. The van der Waals surface area contributed by atoms with Crippen molar-refractivity contribution in [3.8, 4) is 0 Å². The lowest BCUT2D eigenvalue weighted by atomic mass is 9.63. The topological polar surface area (TPSA) is 46.2 Å². The lowest BCUT2D eigenvalue weighted by Crippen LogP contribution is -2.54. The van der Waals surface area contributed by atoms with E-state index in [9.17, 15) is 5.11 Å². The van der Waals surface area contributed by atoms with E-state index in [1.54, 1.807) is 0 Å². The molecule has 2 heteroatoms. The lowest BCUT2D eigenvalue weighted by molar-refractivity contribution is -0.115. The molecule has 0 spiro atoms. The van der Waals surface area contributed by atoms with E-state index in [1.807, 2.05) is 6.92 Å². The van der Waals surface area contributed by atoms with E-state index in [2.05, 4.69) is 13.8 Å². The smallest absolute Gasteiger partial charge is 0.0741 e. The first-order valence-corrected chi connectivity index (χ1v) is 6.83. The van der Waals surface area contributed by atoms with Crippen LogP contribution < -0.4 is 5.73 Å². The SMILES string of the molecule is CCC1CCC(CN)(C(C)(O)C2(C)CC2)C1. The van der Waals surface area contributed by atoms with E-state index in [4.69, 9.17) is 5.73 Å². The van der Waals surface area contributed by atoms with Crippen LogP contribution in [0.25, 0.3) is 0 Å². The molecule has 0 bridgehead atoms. The van der Waals surface area contributed by atoms with Gasteiger partial charge in [-0.2, -0.15) is 0 Å². The van der Waals surface area contributed by atoms with Gasteiger partial charge < -0.3 is 10.8 Å². The summed E-state index contributed by atoms with van der Waals surface area (Å²) in [6.07, 6.45) is 7.05. The minimum Gasteiger partial charge on any atom is -0.389 e. The van der Waals surface area contributed by atoms with Crippen LogP contribution in [0.4, 0.5) is 0 Å². The lowest BCUT2D eigenvalue weighted by Gasteiger charge is -2.47.